The summed E-state index contributed by atoms with van der Waals surface area (Å²) in [6.07, 6.45) is 1.72. The van der Waals surface area contributed by atoms with Crippen molar-refractivity contribution in [2.75, 3.05) is 14.2 Å². The maximum absolute atomic E-state index is 5.04. The van der Waals surface area contributed by atoms with Crippen molar-refractivity contribution in [2.45, 2.75) is 0 Å². The van der Waals surface area contributed by atoms with Crippen LogP contribution < -0.4 is 9.47 Å². The van der Waals surface area contributed by atoms with E-state index in [9.17, 15) is 0 Å². The van der Waals surface area contributed by atoms with Gasteiger partial charge in [-0.1, -0.05) is 30.3 Å². The molecule has 0 amide bonds. The number of benzene rings is 1. The van der Waals surface area contributed by atoms with Crippen molar-refractivity contribution in [1.29, 1.82) is 0 Å². The molecular formula is C13H13N3O2. The Hall–Kier alpha value is -2.43. The van der Waals surface area contributed by atoms with Crippen LogP contribution in [0.15, 0.2) is 41.4 Å². The van der Waals surface area contributed by atoms with Gasteiger partial charge in [-0.15, -0.1) is 0 Å². The normalized spacial score (nSPS) is 10.6. The maximum Gasteiger partial charge on any atom is 0.321 e. The zero-order chi connectivity index (χ0) is 12.8. The molecule has 2 rings (SSSR count). The first kappa shape index (κ1) is 12.0. The van der Waals surface area contributed by atoms with E-state index in [-0.39, 0.29) is 6.01 Å². The molecule has 0 aliphatic rings. The zero-order valence-electron chi connectivity index (χ0n) is 10.2. The predicted octanol–water partition coefficient (Wildman–Crippen LogP) is 2.24. The molecule has 5 heteroatoms. The number of hydrogen-bond acceptors (Lipinski definition) is 5. The molecule has 0 aliphatic carbocycles. The van der Waals surface area contributed by atoms with Gasteiger partial charge in [0.25, 0.3) is 0 Å². The van der Waals surface area contributed by atoms with Crippen LogP contribution in [-0.4, -0.2) is 30.4 Å². The fourth-order valence-electron chi connectivity index (χ4n) is 1.33. The highest BCUT2D eigenvalue weighted by atomic mass is 16.5. The number of methoxy groups -OCH3 is 2. The third-order valence-corrected chi connectivity index (χ3v) is 2.21. The highest BCUT2D eigenvalue weighted by molar-refractivity contribution is 5.81. The van der Waals surface area contributed by atoms with Crippen LogP contribution in [0.2, 0.25) is 0 Å². The quantitative estimate of drug-likeness (QED) is 0.773. The van der Waals surface area contributed by atoms with E-state index in [1.807, 2.05) is 30.3 Å². The minimum Gasteiger partial charge on any atom is -0.481 e. The van der Waals surface area contributed by atoms with Gasteiger partial charge in [-0.25, -0.2) is 4.99 Å². The molecule has 0 N–H and O–H groups in total. The van der Waals surface area contributed by atoms with Gasteiger partial charge < -0.3 is 9.47 Å². The van der Waals surface area contributed by atoms with E-state index in [0.717, 1.165) is 5.56 Å². The summed E-state index contributed by atoms with van der Waals surface area (Å²) in [5.74, 6) is 0.907. The molecule has 0 radical (unpaired) electrons. The Morgan fingerprint density at radius 2 is 1.83 bits per heavy atom. The van der Waals surface area contributed by atoms with E-state index in [1.165, 1.54) is 14.2 Å². The first-order valence-corrected chi connectivity index (χ1v) is 5.38. The average molecular weight is 243 g/mol. The number of aromatic nitrogens is 2. The summed E-state index contributed by atoms with van der Waals surface area (Å²) in [5, 5.41) is 0. The van der Waals surface area contributed by atoms with Crippen LogP contribution in [0.3, 0.4) is 0 Å². The maximum atomic E-state index is 5.04. The van der Waals surface area contributed by atoms with Gasteiger partial charge in [0.15, 0.2) is 5.82 Å². The van der Waals surface area contributed by atoms with Gasteiger partial charge in [0, 0.05) is 12.3 Å². The second-order valence-electron chi connectivity index (χ2n) is 3.42. The summed E-state index contributed by atoms with van der Waals surface area (Å²) in [6, 6.07) is 11.6. The Morgan fingerprint density at radius 1 is 1.06 bits per heavy atom. The molecule has 18 heavy (non-hydrogen) atoms. The first-order chi connectivity index (χ1) is 8.81. The van der Waals surface area contributed by atoms with Crippen LogP contribution in [0.5, 0.6) is 11.9 Å². The number of rotatable bonds is 4. The molecule has 1 heterocycles. The molecule has 0 spiro atoms. The molecule has 0 bridgehead atoms. The van der Waals surface area contributed by atoms with Crippen molar-refractivity contribution in [3.05, 3.63) is 42.0 Å². The molecule has 0 fully saturated rings. The van der Waals surface area contributed by atoms with Crippen molar-refractivity contribution in [2.24, 2.45) is 4.99 Å². The molecule has 0 atom stereocenters. The lowest BCUT2D eigenvalue weighted by Crippen LogP contribution is -1.95. The number of aliphatic imine (C=N–C) groups is 1. The number of nitrogens with zero attached hydrogens (tertiary/aromatic N) is 3. The average Bonchev–Trinajstić information content (AvgIpc) is 2.45. The fraction of sp³-hybridized carbons (Fsp3) is 0.154. The second kappa shape index (κ2) is 5.77. The molecule has 92 valence electrons. The van der Waals surface area contributed by atoms with E-state index in [4.69, 9.17) is 9.47 Å². The van der Waals surface area contributed by atoms with E-state index in [1.54, 1.807) is 12.3 Å². The molecule has 2 aromatic rings. The molecule has 0 aliphatic heterocycles. The van der Waals surface area contributed by atoms with Crippen LogP contribution in [0.25, 0.3) is 0 Å². The van der Waals surface area contributed by atoms with Crippen molar-refractivity contribution in [1.82, 2.24) is 9.97 Å². The highest BCUT2D eigenvalue weighted by Gasteiger charge is 2.03. The smallest absolute Gasteiger partial charge is 0.321 e. The van der Waals surface area contributed by atoms with Crippen LogP contribution >= 0.6 is 0 Å². The first-order valence-electron chi connectivity index (χ1n) is 5.38. The van der Waals surface area contributed by atoms with Gasteiger partial charge in [-0.2, -0.15) is 9.97 Å². The molecule has 5 nitrogen and oxygen atoms in total. The minimum absolute atomic E-state index is 0.231. The van der Waals surface area contributed by atoms with Crippen molar-refractivity contribution in [3.63, 3.8) is 0 Å². The fourth-order valence-corrected chi connectivity index (χ4v) is 1.33. The van der Waals surface area contributed by atoms with E-state index in [0.29, 0.717) is 11.7 Å². The number of hydrogen-bond donors (Lipinski definition) is 0. The molecule has 0 saturated heterocycles. The predicted molar refractivity (Wildman–Crippen MR) is 68.8 cm³/mol. The molecular weight excluding hydrogens is 230 g/mol. The van der Waals surface area contributed by atoms with Crippen molar-refractivity contribution < 1.29 is 9.47 Å². The highest BCUT2D eigenvalue weighted by Crippen LogP contribution is 2.19. The number of ether oxygens (including phenoxy) is 2. The van der Waals surface area contributed by atoms with Crippen LogP contribution in [0.4, 0.5) is 5.82 Å². The Bertz CT molecular complexity index is 519. The summed E-state index contributed by atoms with van der Waals surface area (Å²) in [6.45, 7) is 0. The lowest BCUT2D eigenvalue weighted by molar-refractivity contribution is 0.352. The summed E-state index contributed by atoms with van der Waals surface area (Å²) in [5.41, 5.74) is 0.994. The lowest BCUT2D eigenvalue weighted by atomic mass is 10.2. The standard InChI is InChI=1S/C13H13N3O2/c1-17-12-8-11(15-13(16-12)18-2)14-9-10-6-4-3-5-7-10/h3-9H,1-2H3/b14-9+. The van der Waals surface area contributed by atoms with Gasteiger partial charge in [0.05, 0.1) is 14.2 Å². The second-order valence-corrected chi connectivity index (χ2v) is 3.42. The van der Waals surface area contributed by atoms with E-state index < -0.39 is 0 Å². The van der Waals surface area contributed by atoms with Crippen LogP contribution in [0.1, 0.15) is 5.56 Å². The molecule has 0 unspecified atom stereocenters. The third-order valence-electron chi connectivity index (χ3n) is 2.21. The Kier molecular flexibility index (Phi) is 3.86. The van der Waals surface area contributed by atoms with Gasteiger partial charge in [-0.3, -0.25) is 0 Å². The largest absolute Gasteiger partial charge is 0.481 e. The minimum atomic E-state index is 0.231. The zero-order valence-corrected chi connectivity index (χ0v) is 10.2. The molecule has 1 aromatic carbocycles. The Morgan fingerprint density at radius 3 is 2.50 bits per heavy atom. The summed E-state index contributed by atoms with van der Waals surface area (Å²) in [7, 11) is 3.03. The third kappa shape index (κ3) is 3.04. The van der Waals surface area contributed by atoms with E-state index >= 15 is 0 Å². The van der Waals surface area contributed by atoms with Crippen molar-refractivity contribution >= 4 is 12.0 Å². The van der Waals surface area contributed by atoms with Gasteiger partial charge in [0.2, 0.25) is 5.88 Å². The van der Waals surface area contributed by atoms with E-state index in [2.05, 4.69) is 15.0 Å². The SMILES string of the molecule is COc1cc(/N=C/c2ccccc2)nc(OC)n1. The van der Waals surface area contributed by atoms with Gasteiger partial charge in [-0.05, 0) is 5.56 Å². The van der Waals surface area contributed by atoms with Gasteiger partial charge in [0.1, 0.15) is 0 Å². The van der Waals surface area contributed by atoms with Crippen LogP contribution in [0, 0.1) is 0 Å². The van der Waals surface area contributed by atoms with Crippen LogP contribution in [-0.2, 0) is 0 Å². The monoisotopic (exact) mass is 243 g/mol. The Balaban J connectivity index is 2.25. The summed E-state index contributed by atoms with van der Waals surface area (Å²) in [4.78, 5) is 12.4. The molecule has 1 aromatic heterocycles. The Labute approximate surface area is 105 Å². The summed E-state index contributed by atoms with van der Waals surface area (Å²) < 4.78 is 10.0. The summed E-state index contributed by atoms with van der Waals surface area (Å²) >= 11 is 0. The topological polar surface area (TPSA) is 56.6 Å². The van der Waals surface area contributed by atoms with Crippen molar-refractivity contribution in [3.8, 4) is 11.9 Å². The van der Waals surface area contributed by atoms with Gasteiger partial charge >= 0.3 is 6.01 Å². The molecule has 0 saturated carbocycles. The lowest BCUT2D eigenvalue weighted by Gasteiger charge is -2.02.